The highest BCUT2D eigenvalue weighted by Gasteiger charge is 2.25. The number of ether oxygens (including phenoxy) is 1. The molecule has 2 aromatic rings. The fourth-order valence-corrected chi connectivity index (χ4v) is 5.18. The molecule has 36 heavy (non-hydrogen) atoms. The standard InChI is InChI=1S/C31H45FN2O2/c1-3-5-7-8-9-10-12-13-24-15-18-27(19-16-24)36-31(35)28-20-17-26(21-29(28)32)30-33-22-25(23-34-30)14-11-6-4-2/h17,20-24,27H,3-16,18-19H2,1-2H3. The van der Waals surface area contributed by atoms with Crippen LogP contribution in [-0.4, -0.2) is 22.0 Å². The number of rotatable bonds is 15. The summed E-state index contributed by atoms with van der Waals surface area (Å²) in [7, 11) is 0. The number of halogens is 1. The van der Waals surface area contributed by atoms with Gasteiger partial charge in [0.1, 0.15) is 11.9 Å². The van der Waals surface area contributed by atoms with Crippen LogP contribution < -0.4 is 0 Å². The summed E-state index contributed by atoms with van der Waals surface area (Å²) in [6, 6.07) is 4.53. The summed E-state index contributed by atoms with van der Waals surface area (Å²) in [5.41, 5.74) is 1.64. The summed E-state index contributed by atoms with van der Waals surface area (Å²) >= 11 is 0. The van der Waals surface area contributed by atoms with E-state index in [0.29, 0.717) is 11.4 Å². The first-order valence-electron chi connectivity index (χ1n) is 14.4. The number of hydrogen-bond donors (Lipinski definition) is 0. The van der Waals surface area contributed by atoms with Gasteiger partial charge in [0.05, 0.1) is 5.56 Å². The molecule has 1 aromatic heterocycles. The number of carbonyl (C=O) groups is 1. The molecule has 5 heteroatoms. The van der Waals surface area contributed by atoms with Crippen LogP contribution in [0.5, 0.6) is 0 Å². The fraction of sp³-hybridized carbons (Fsp3) is 0.645. The van der Waals surface area contributed by atoms with E-state index in [2.05, 4.69) is 23.8 Å². The number of unbranched alkanes of at least 4 members (excludes halogenated alkanes) is 8. The van der Waals surface area contributed by atoms with Gasteiger partial charge in [-0.1, -0.05) is 84.1 Å². The van der Waals surface area contributed by atoms with Crippen molar-refractivity contribution in [3.05, 3.63) is 47.5 Å². The molecule has 1 aromatic carbocycles. The molecule has 0 spiro atoms. The van der Waals surface area contributed by atoms with Gasteiger partial charge in [0.25, 0.3) is 0 Å². The van der Waals surface area contributed by atoms with Crippen LogP contribution in [0.25, 0.3) is 11.4 Å². The third-order valence-corrected chi connectivity index (χ3v) is 7.50. The lowest BCUT2D eigenvalue weighted by Crippen LogP contribution is -2.25. The van der Waals surface area contributed by atoms with Gasteiger partial charge in [0.2, 0.25) is 0 Å². The zero-order valence-corrected chi connectivity index (χ0v) is 22.4. The van der Waals surface area contributed by atoms with Crippen molar-refractivity contribution in [2.24, 2.45) is 5.92 Å². The quantitative estimate of drug-likeness (QED) is 0.182. The molecular weight excluding hydrogens is 451 g/mol. The van der Waals surface area contributed by atoms with Crippen LogP contribution in [0.3, 0.4) is 0 Å². The molecule has 0 N–H and O–H groups in total. The average Bonchev–Trinajstić information content (AvgIpc) is 2.89. The smallest absolute Gasteiger partial charge is 0.341 e. The van der Waals surface area contributed by atoms with E-state index in [-0.39, 0.29) is 11.7 Å². The van der Waals surface area contributed by atoms with Crippen molar-refractivity contribution in [1.29, 1.82) is 0 Å². The van der Waals surface area contributed by atoms with Crippen molar-refractivity contribution >= 4 is 5.97 Å². The van der Waals surface area contributed by atoms with Crippen molar-refractivity contribution in [3.63, 3.8) is 0 Å². The Hall–Kier alpha value is -2.30. The normalized spacial score (nSPS) is 17.8. The van der Waals surface area contributed by atoms with Crippen LogP contribution >= 0.6 is 0 Å². The van der Waals surface area contributed by atoms with Crippen LogP contribution in [0.2, 0.25) is 0 Å². The maximum Gasteiger partial charge on any atom is 0.341 e. The molecule has 0 unspecified atom stereocenters. The molecule has 1 saturated carbocycles. The van der Waals surface area contributed by atoms with Gasteiger partial charge in [-0.2, -0.15) is 0 Å². The molecule has 1 fully saturated rings. The summed E-state index contributed by atoms with van der Waals surface area (Å²) in [6.45, 7) is 4.43. The number of esters is 1. The molecule has 0 aliphatic heterocycles. The Morgan fingerprint density at radius 3 is 2.19 bits per heavy atom. The first-order valence-corrected chi connectivity index (χ1v) is 14.4. The lowest BCUT2D eigenvalue weighted by Gasteiger charge is -2.28. The van der Waals surface area contributed by atoms with Crippen LogP contribution in [0, 0.1) is 11.7 Å². The zero-order valence-electron chi connectivity index (χ0n) is 22.4. The summed E-state index contributed by atoms with van der Waals surface area (Å²) in [6.07, 6.45) is 22.6. The molecule has 198 valence electrons. The molecule has 1 aliphatic rings. The predicted molar refractivity (Wildman–Crippen MR) is 144 cm³/mol. The minimum atomic E-state index is -0.583. The number of aryl methyl sites for hydroxylation is 1. The lowest BCUT2D eigenvalue weighted by atomic mass is 9.84. The van der Waals surface area contributed by atoms with Gasteiger partial charge in [-0.05, 0) is 62.1 Å². The van der Waals surface area contributed by atoms with E-state index in [1.165, 1.54) is 76.3 Å². The minimum Gasteiger partial charge on any atom is -0.459 e. The van der Waals surface area contributed by atoms with E-state index < -0.39 is 11.8 Å². The Bertz CT molecular complexity index is 907. The van der Waals surface area contributed by atoms with Crippen molar-refractivity contribution < 1.29 is 13.9 Å². The van der Waals surface area contributed by atoms with Crippen molar-refractivity contribution in [3.8, 4) is 11.4 Å². The van der Waals surface area contributed by atoms with Gasteiger partial charge >= 0.3 is 5.97 Å². The molecule has 0 amide bonds. The zero-order chi connectivity index (χ0) is 25.6. The lowest BCUT2D eigenvalue weighted by molar-refractivity contribution is 0.0156. The number of aromatic nitrogens is 2. The molecule has 1 aliphatic carbocycles. The Kier molecular flexibility index (Phi) is 12.4. The molecule has 0 saturated heterocycles. The van der Waals surface area contributed by atoms with Crippen LogP contribution in [0.4, 0.5) is 4.39 Å². The van der Waals surface area contributed by atoms with Crippen LogP contribution in [-0.2, 0) is 11.2 Å². The summed E-state index contributed by atoms with van der Waals surface area (Å²) in [5, 5.41) is 0. The van der Waals surface area contributed by atoms with Gasteiger partial charge < -0.3 is 4.74 Å². The highest BCUT2D eigenvalue weighted by molar-refractivity contribution is 5.90. The molecule has 4 nitrogen and oxygen atoms in total. The van der Waals surface area contributed by atoms with E-state index in [9.17, 15) is 9.18 Å². The van der Waals surface area contributed by atoms with E-state index in [1.807, 2.05) is 12.4 Å². The highest BCUT2D eigenvalue weighted by atomic mass is 19.1. The van der Waals surface area contributed by atoms with E-state index in [1.54, 1.807) is 6.07 Å². The molecule has 0 bridgehead atoms. The minimum absolute atomic E-state index is 0.0138. The van der Waals surface area contributed by atoms with Gasteiger partial charge in [0.15, 0.2) is 5.82 Å². The molecule has 1 heterocycles. The Balaban J connectivity index is 1.41. The largest absolute Gasteiger partial charge is 0.459 e. The Morgan fingerprint density at radius 2 is 1.53 bits per heavy atom. The monoisotopic (exact) mass is 496 g/mol. The third kappa shape index (κ3) is 9.29. The van der Waals surface area contributed by atoms with Crippen LogP contribution in [0.1, 0.15) is 126 Å². The van der Waals surface area contributed by atoms with Crippen molar-refractivity contribution in [1.82, 2.24) is 9.97 Å². The second-order valence-corrected chi connectivity index (χ2v) is 10.5. The topological polar surface area (TPSA) is 52.1 Å². The van der Waals surface area contributed by atoms with E-state index in [0.717, 1.165) is 50.0 Å². The second-order valence-electron chi connectivity index (χ2n) is 10.5. The van der Waals surface area contributed by atoms with Gasteiger partial charge in [-0.3, -0.25) is 0 Å². The average molecular weight is 497 g/mol. The van der Waals surface area contributed by atoms with Crippen molar-refractivity contribution in [2.75, 3.05) is 0 Å². The maximum absolute atomic E-state index is 14.8. The summed E-state index contributed by atoms with van der Waals surface area (Å²) in [4.78, 5) is 21.4. The second kappa shape index (κ2) is 15.7. The Labute approximate surface area is 217 Å². The summed E-state index contributed by atoms with van der Waals surface area (Å²) < 4.78 is 20.5. The number of carbonyl (C=O) groups excluding carboxylic acids is 1. The summed E-state index contributed by atoms with van der Waals surface area (Å²) in [5.74, 6) is 0.0551. The number of hydrogen-bond acceptors (Lipinski definition) is 4. The van der Waals surface area contributed by atoms with Crippen LogP contribution in [0.15, 0.2) is 30.6 Å². The first-order chi connectivity index (χ1) is 17.6. The Morgan fingerprint density at radius 1 is 0.889 bits per heavy atom. The maximum atomic E-state index is 14.8. The van der Waals surface area contributed by atoms with E-state index >= 15 is 0 Å². The van der Waals surface area contributed by atoms with Gasteiger partial charge in [-0.25, -0.2) is 19.2 Å². The first kappa shape index (κ1) is 28.3. The molecule has 0 atom stereocenters. The van der Waals surface area contributed by atoms with E-state index in [4.69, 9.17) is 4.74 Å². The number of benzene rings is 1. The predicted octanol–water partition coefficient (Wildman–Crippen LogP) is 8.87. The van der Waals surface area contributed by atoms with Gasteiger partial charge in [-0.15, -0.1) is 0 Å². The fourth-order valence-electron chi connectivity index (χ4n) is 5.18. The van der Waals surface area contributed by atoms with Gasteiger partial charge in [0, 0.05) is 18.0 Å². The highest BCUT2D eigenvalue weighted by Crippen LogP contribution is 2.31. The molecule has 3 rings (SSSR count). The molecular formula is C31H45FN2O2. The third-order valence-electron chi connectivity index (χ3n) is 7.50. The van der Waals surface area contributed by atoms with Crippen molar-refractivity contribution in [2.45, 2.75) is 123 Å². The number of nitrogens with zero attached hydrogens (tertiary/aromatic N) is 2. The SMILES string of the molecule is CCCCCCCCCC1CCC(OC(=O)c2ccc(-c3ncc(CCCCC)cn3)cc2F)CC1. The molecule has 0 radical (unpaired) electrons.